The molecule has 4 aromatic rings. The van der Waals surface area contributed by atoms with Gasteiger partial charge in [-0.25, -0.2) is 13.2 Å². The maximum absolute atomic E-state index is 14.3. The number of H-pyrrole nitrogens is 1. The van der Waals surface area contributed by atoms with Gasteiger partial charge in [0.25, 0.3) is 0 Å². The molecule has 4 rings (SSSR count). The van der Waals surface area contributed by atoms with E-state index < -0.39 is 17.5 Å². The van der Waals surface area contributed by atoms with Gasteiger partial charge in [0.15, 0.2) is 0 Å². The predicted molar refractivity (Wildman–Crippen MR) is 107 cm³/mol. The zero-order valence-electron chi connectivity index (χ0n) is 16.2. The average Bonchev–Trinajstić information content (AvgIpc) is 3.26. The van der Waals surface area contributed by atoms with E-state index in [1.807, 2.05) is 6.92 Å². The fourth-order valence-electron chi connectivity index (χ4n) is 3.48. The maximum Gasteiger partial charge on any atom is 0.241 e. The smallest absolute Gasteiger partial charge is 0.241 e. The number of aryl methyl sites for hydroxylation is 1. The molecule has 0 aliphatic carbocycles. The van der Waals surface area contributed by atoms with Gasteiger partial charge in [0, 0.05) is 29.9 Å². The lowest BCUT2D eigenvalue weighted by Gasteiger charge is -2.08. The molecule has 0 aliphatic rings. The summed E-state index contributed by atoms with van der Waals surface area (Å²) >= 11 is 0. The van der Waals surface area contributed by atoms with E-state index >= 15 is 0 Å². The number of halogens is 3. The number of aromatic nitrogens is 3. The molecule has 0 saturated heterocycles. The highest BCUT2D eigenvalue weighted by atomic mass is 19.1. The molecule has 5 nitrogen and oxygen atoms in total. The molecule has 0 atom stereocenters. The van der Waals surface area contributed by atoms with Crippen molar-refractivity contribution in [3.05, 3.63) is 77.4 Å². The first kappa shape index (κ1) is 19.8. The number of hydrogen-bond donors (Lipinski definition) is 2. The third-order valence-corrected chi connectivity index (χ3v) is 4.84. The van der Waals surface area contributed by atoms with Gasteiger partial charge in [0.05, 0.1) is 11.2 Å². The van der Waals surface area contributed by atoms with E-state index in [0.717, 1.165) is 11.8 Å². The fourth-order valence-corrected chi connectivity index (χ4v) is 3.48. The van der Waals surface area contributed by atoms with Crippen molar-refractivity contribution < 1.29 is 18.0 Å². The van der Waals surface area contributed by atoms with Crippen LogP contribution in [-0.4, -0.2) is 27.2 Å². The molecule has 0 fully saturated rings. The molecule has 8 heteroatoms. The Hall–Kier alpha value is -3.55. The number of amides is 1. The number of carbonyl (C=O) groups excluding carboxylic acids is 1. The van der Waals surface area contributed by atoms with Gasteiger partial charge in [-0.2, -0.15) is 5.10 Å². The second kappa shape index (κ2) is 8.06. The summed E-state index contributed by atoms with van der Waals surface area (Å²) in [5.41, 5.74) is 2.83. The Morgan fingerprint density at radius 3 is 2.57 bits per heavy atom. The van der Waals surface area contributed by atoms with Crippen LogP contribution in [0.4, 0.5) is 13.2 Å². The normalized spacial score (nSPS) is 11.2. The molecular formula is C22H19F3N4O. The first-order chi connectivity index (χ1) is 14.4. The zero-order valence-corrected chi connectivity index (χ0v) is 16.2. The summed E-state index contributed by atoms with van der Waals surface area (Å²) in [6.07, 6.45) is 2.05. The molecule has 2 aromatic heterocycles. The van der Waals surface area contributed by atoms with Gasteiger partial charge in [-0.3, -0.25) is 9.48 Å². The molecule has 154 valence electrons. The molecule has 0 unspecified atom stereocenters. The Morgan fingerprint density at radius 2 is 1.87 bits per heavy atom. The van der Waals surface area contributed by atoms with Crippen molar-refractivity contribution in [1.29, 1.82) is 0 Å². The number of rotatable bonds is 6. The molecular weight excluding hydrogens is 393 g/mol. The van der Waals surface area contributed by atoms with E-state index in [1.165, 1.54) is 22.9 Å². The zero-order chi connectivity index (χ0) is 21.3. The van der Waals surface area contributed by atoms with Crippen molar-refractivity contribution in [3.8, 4) is 11.3 Å². The lowest BCUT2D eigenvalue weighted by atomic mass is 10.0. The minimum atomic E-state index is -0.710. The quantitative estimate of drug-likeness (QED) is 0.501. The highest BCUT2D eigenvalue weighted by Gasteiger charge is 2.17. The predicted octanol–water partition coefficient (Wildman–Crippen LogP) is 4.12. The lowest BCUT2D eigenvalue weighted by molar-refractivity contribution is -0.121. The Labute approximate surface area is 170 Å². The van der Waals surface area contributed by atoms with Gasteiger partial charge >= 0.3 is 0 Å². The van der Waals surface area contributed by atoms with Gasteiger partial charge in [0.1, 0.15) is 24.0 Å². The van der Waals surface area contributed by atoms with Crippen LogP contribution in [0.3, 0.4) is 0 Å². The van der Waals surface area contributed by atoms with Gasteiger partial charge in [0.2, 0.25) is 5.91 Å². The Morgan fingerprint density at radius 1 is 1.10 bits per heavy atom. The van der Waals surface area contributed by atoms with Crippen LogP contribution in [0.1, 0.15) is 11.3 Å². The number of hydrogen-bond acceptors (Lipinski definition) is 2. The fraction of sp³-hybridized carbons (Fsp3) is 0.182. The topological polar surface area (TPSA) is 62.7 Å². The van der Waals surface area contributed by atoms with Crippen LogP contribution in [0.15, 0.2) is 48.7 Å². The van der Waals surface area contributed by atoms with Crippen molar-refractivity contribution in [3.63, 3.8) is 0 Å². The van der Waals surface area contributed by atoms with Gasteiger partial charge in [-0.15, -0.1) is 0 Å². The Balaban J connectivity index is 1.59. The first-order valence-electron chi connectivity index (χ1n) is 9.43. The molecule has 0 spiro atoms. The molecule has 0 aliphatic heterocycles. The number of carbonyl (C=O) groups is 1. The van der Waals surface area contributed by atoms with Crippen molar-refractivity contribution in [1.82, 2.24) is 20.1 Å². The summed E-state index contributed by atoms with van der Waals surface area (Å²) < 4.78 is 43.0. The van der Waals surface area contributed by atoms with E-state index in [4.69, 9.17) is 0 Å². The van der Waals surface area contributed by atoms with Crippen molar-refractivity contribution in [2.24, 2.45) is 0 Å². The largest absolute Gasteiger partial charge is 0.354 e. The molecule has 2 N–H and O–H groups in total. The minimum absolute atomic E-state index is 0.0792. The van der Waals surface area contributed by atoms with Crippen molar-refractivity contribution >= 4 is 16.8 Å². The monoisotopic (exact) mass is 412 g/mol. The molecule has 0 saturated carbocycles. The van der Waals surface area contributed by atoms with Crippen LogP contribution in [0.2, 0.25) is 0 Å². The van der Waals surface area contributed by atoms with E-state index in [1.54, 1.807) is 24.4 Å². The molecule has 30 heavy (non-hydrogen) atoms. The number of benzene rings is 2. The first-order valence-corrected chi connectivity index (χ1v) is 9.43. The Kier molecular flexibility index (Phi) is 5.31. The SMILES string of the molecule is Cc1ccn(CC(=O)NCCc2c(-c3ccc(F)cc3)[nH]c3c(F)cc(F)cc23)n1. The Bertz CT molecular complexity index is 1210. The van der Waals surface area contributed by atoms with Gasteiger partial charge in [-0.05, 0) is 60.9 Å². The van der Waals surface area contributed by atoms with E-state index in [9.17, 15) is 18.0 Å². The highest BCUT2D eigenvalue weighted by molar-refractivity contribution is 5.91. The van der Waals surface area contributed by atoms with Gasteiger partial charge < -0.3 is 10.3 Å². The molecule has 2 heterocycles. The molecule has 0 bridgehead atoms. The summed E-state index contributed by atoms with van der Waals surface area (Å²) in [5.74, 6) is -2.02. The summed E-state index contributed by atoms with van der Waals surface area (Å²) in [5, 5.41) is 7.36. The van der Waals surface area contributed by atoms with Crippen LogP contribution in [0.5, 0.6) is 0 Å². The second-order valence-electron chi connectivity index (χ2n) is 7.05. The van der Waals surface area contributed by atoms with Crippen LogP contribution >= 0.6 is 0 Å². The van der Waals surface area contributed by atoms with E-state index in [-0.39, 0.29) is 24.5 Å². The van der Waals surface area contributed by atoms with Crippen molar-refractivity contribution in [2.75, 3.05) is 6.54 Å². The number of aromatic amines is 1. The van der Waals surface area contributed by atoms with E-state index in [0.29, 0.717) is 28.6 Å². The van der Waals surface area contributed by atoms with Gasteiger partial charge in [-0.1, -0.05) is 0 Å². The maximum atomic E-state index is 14.3. The third kappa shape index (κ3) is 4.07. The van der Waals surface area contributed by atoms with Crippen LogP contribution < -0.4 is 5.32 Å². The number of fused-ring (bicyclic) bond motifs is 1. The van der Waals surface area contributed by atoms with Crippen LogP contribution in [0, 0.1) is 24.4 Å². The minimum Gasteiger partial charge on any atom is -0.354 e. The summed E-state index contributed by atoms with van der Waals surface area (Å²) in [6, 6.07) is 9.60. The standard InChI is InChI=1S/C22H19F3N4O/c1-13-7-9-29(28-13)12-20(30)26-8-6-17-18-10-16(24)11-19(25)22(18)27-21(17)14-2-4-15(23)5-3-14/h2-5,7,9-11,27H,6,8,12H2,1H3,(H,26,30). The van der Waals surface area contributed by atoms with Crippen LogP contribution in [0.25, 0.3) is 22.2 Å². The summed E-state index contributed by atoms with van der Waals surface area (Å²) in [6.45, 7) is 2.18. The highest BCUT2D eigenvalue weighted by Crippen LogP contribution is 2.32. The van der Waals surface area contributed by atoms with Crippen LogP contribution in [-0.2, 0) is 17.8 Å². The number of nitrogens with zero attached hydrogens (tertiary/aromatic N) is 2. The third-order valence-electron chi connectivity index (χ3n) is 4.84. The summed E-state index contributed by atoms with van der Waals surface area (Å²) in [7, 11) is 0. The molecule has 0 radical (unpaired) electrons. The molecule has 2 aromatic carbocycles. The second-order valence-corrected chi connectivity index (χ2v) is 7.05. The summed E-state index contributed by atoms with van der Waals surface area (Å²) in [4.78, 5) is 15.2. The van der Waals surface area contributed by atoms with Crippen molar-refractivity contribution in [2.45, 2.75) is 19.9 Å². The van der Waals surface area contributed by atoms with E-state index in [2.05, 4.69) is 15.4 Å². The average molecular weight is 412 g/mol. The molecule has 1 amide bonds. The number of nitrogens with one attached hydrogen (secondary N) is 2. The lowest BCUT2D eigenvalue weighted by Crippen LogP contribution is -2.29.